The molecule has 4 fully saturated rings. The second kappa shape index (κ2) is 8.91. The fourth-order valence-corrected chi connectivity index (χ4v) is 5.68. The fourth-order valence-electron chi connectivity index (χ4n) is 5.68. The van der Waals surface area contributed by atoms with E-state index in [1.54, 1.807) is 11.0 Å². The quantitative estimate of drug-likeness (QED) is 0.604. The highest BCUT2D eigenvalue weighted by atomic mass is 16.2. The second-order valence-corrected chi connectivity index (χ2v) is 10.7. The smallest absolute Gasteiger partial charge is 0.242 e. The Morgan fingerprint density at radius 2 is 2.03 bits per heavy atom. The van der Waals surface area contributed by atoms with Crippen LogP contribution in [0.5, 0.6) is 0 Å². The van der Waals surface area contributed by atoms with E-state index in [1.165, 1.54) is 0 Å². The molecule has 4 heterocycles. The summed E-state index contributed by atoms with van der Waals surface area (Å²) < 4.78 is 0. The summed E-state index contributed by atoms with van der Waals surface area (Å²) in [6, 6.07) is 4.22. The van der Waals surface area contributed by atoms with Crippen molar-refractivity contribution >= 4 is 29.4 Å². The molecule has 6 rings (SSSR count). The Kier molecular flexibility index (Phi) is 5.69. The molecule has 2 N–H and O–H groups in total. The van der Waals surface area contributed by atoms with Gasteiger partial charge in [-0.25, -0.2) is 4.98 Å². The van der Waals surface area contributed by atoms with Crippen LogP contribution in [0.4, 0.5) is 11.5 Å². The number of hydrogen-bond acceptors (Lipinski definition) is 6. The number of likely N-dealkylation sites (tertiary alicyclic amines) is 1. The average Bonchev–Trinajstić information content (AvgIpc) is 3.80. The van der Waals surface area contributed by atoms with Crippen LogP contribution in [-0.2, 0) is 9.59 Å². The maximum absolute atomic E-state index is 13.1. The topological polar surface area (TPSA) is 95.7 Å². The third-order valence-corrected chi connectivity index (χ3v) is 8.22. The Bertz CT molecular complexity index is 1230. The Morgan fingerprint density at radius 3 is 2.67 bits per heavy atom. The van der Waals surface area contributed by atoms with Crippen molar-refractivity contribution in [2.24, 2.45) is 5.92 Å². The number of β-lactam (4-membered cyclic amide) rings is 1. The van der Waals surface area contributed by atoms with Gasteiger partial charge in [0.15, 0.2) is 5.82 Å². The van der Waals surface area contributed by atoms with Gasteiger partial charge in [-0.15, -0.1) is 0 Å². The lowest BCUT2D eigenvalue weighted by molar-refractivity contribution is -0.148. The second-order valence-electron chi connectivity index (χ2n) is 10.7. The highest BCUT2D eigenvalue weighted by Gasteiger charge is 2.42. The molecule has 188 valence electrons. The van der Waals surface area contributed by atoms with Crippen molar-refractivity contribution in [2.75, 3.05) is 43.4 Å². The van der Waals surface area contributed by atoms with Crippen LogP contribution in [0.3, 0.4) is 0 Å². The number of carbonyl (C=O) groups excluding carboxylic acids is 2. The predicted octanol–water partition coefficient (Wildman–Crippen LogP) is 3.21. The van der Waals surface area contributed by atoms with Gasteiger partial charge in [0.25, 0.3) is 0 Å². The fraction of sp³-hybridized carbons (Fsp3) is 0.500. The molecule has 2 saturated carbocycles. The predicted molar refractivity (Wildman–Crippen MR) is 140 cm³/mol. The Hall–Kier alpha value is -3.42. The van der Waals surface area contributed by atoms with Gasteiger partial charge in [-0.2, -0.15) is 0 Å². The van der Waals surface area contributed by atoms with E-state index in [9.17, 15) is 9.59 Å². The number of aromatic nitrogens is 2. The minimum absolute atomic E-state index is 0.0708. The summed E-state index contributed by atoms with van der Waals surface area (Å²) in [7, 11) is 0. The first kappa shape index (κ1) is 23.0. The van der Waals surface area contributed by atoms with E-state index in [4.69, 9.17) is 10.7 Å². The first-order valence-corrected chi connectivity index (χ1v) is 13.2. The van der Waals surface area contributed by atoms with Gasteiger partial charge in [-0.05, 0) is 67.9 Å². The van der Waals surface area contributed by atoms with Crippen LogP contribution in [0.15, 0.2) is 24.9 Å². The molecule has 0 bridgehead atoms. The molecule has 0 unspecified atom stereocenters. The van der Waals surface area contributed by atoms with E-state index < -0.39 is 0 Å². The van der Waals surface area contributed by atoms with Gasteiger partial charge >= 0.3 is 0 Å². The molecule has 2 aromatic rings. The maximum Gasteiger partial charge on any atom is 0.242 e. The summed E-state index contributed by atoms with van der Waals surface area (Å²) >= 11 is 0. The van der Waals surface area contributed by atoms with Crippen molar-refractivity contribution in [3.63, 3.8) is 0 Å². The standard InChI is InChI=1S/C28H34N6O2/c1-3-21-14-20(8-10-30-21)25-17(2)26(29)28(31-27(25)19-6-7-19)33-12-13-34(22(15-33)18-4-5-18)24(36)16-32-11-9-23(32)35/h3,8,10,14,18-19,22H,1,4-7,9,11-13,15-16,29H2,2H3/t22-/m0/s1. The van der Waals surface area contributed by atoms with E-state index in [-0.39, 0.29) is 24.4 Å². The molecule has 4 aliphatic rings. The van der Waals surface area contributed by atoms with Crippen molar-refractivity contribution in [1.82, 2.24) is 19.8 Å². The van der Waals surface area contributed by atoms with Crippen LogP contribution in [0.1, 0.15) is 55.0 Å². The van der Waals surface area contributed by atoms with E-state index in [0.29, 0.717) is 43.6 Å². The molecule has 8 heteroatoms. The van der Waals surface area contributed by atoms with Gasteiger partial charge in [0.1, 0.15) is 0 Å². The third-order valence-electron chi connectivity index (χ3n) is 8.22. The minimum Gasteiger partial charge on any atom is -0.396 e. The molecule has 0 aromatic carbocycles. The lowest BCUT2D eigenvalue weighted by atomic mass is 9.95. The molecule has 0 radical (unpaired) electrons. The number of nitrogen functional groups attached to an aromatic ring is 1. The zero-order valence-electron chi connectivity index (χ0n) is 20.9. The Morgan fingerprint density at radius 1 is 1.22 bits per heavy atom. The van der Waals surface area contributed by atoms with Gasteiger partial charge < -0.3 is 20.4 Å². The molecule has 2 saturated heterocycles. The third kappa shape index (κ3) is 4.12. The largest absolute Gasteiger partial charge is 0.396 e. The van der Waals surface area contributed by atoms with Gasteiger partial charge in [-0.3, -0.25) is 14.6 Å². The number of rotatable bonds is 7. The summed E-state index contributed by atoms with van der Waals surface area (Å²) in [5.74, 6) is 1.98. The molecular formula is C28H34N6O2. The van der Waals surface area contributed by atoms with Crippen molar-refractivity contribution < 1.29 is 9.59 Å². The number of amides is 2. The van der Waals surface area contributed by atoms with E-state index in [1.807, 2.05) is 17.2 Å². The lowest BCUT2D eigenvalue weighted by Gasteiger charge is -2.44. The number of anilines is 2. The number of nitrogens with zero attached hydrogens (tertiary/aromatic N) is 5. The molecule has 2 aliphatic heterocycles. The number of pyridine rings is 2. The zero-order chi connectivity index (χ0) is 25.0. The first-order valence-electron chi connectivity index (χ1n) is 13.2. The van der Waals surface area contributed by atoms with Crippen LogP contribution in [0.25, 0.3) is 17.2 Å². The van der Waals surface area contributed by atoms with Crippen molar-refractivity contribution in [1.29, 1.82) is 0 Å². The van der Waals surface area contributed by atoms with Gasteiger partial charge in [0.2, 0.25) is 11.8 Å². The SMILES string of the molecule is C=Cc1cc(-c2c(C3CC3)nc(N3CCN(C(=O)CN4CCC4=O)[C@H](C4CC4)C3)c(N)c2C)ccn1. The van der Waals surface area contributed by atoms with Gasteiger partial charge in [0, 0.05) is 50.3 Å². The number of carbonyl (C=O) groups is 2. The van der Waals surface area contributed by atoms with E-state index in [0.717, 1.165) is 66.1 Å². The maximum atomic E-state index is 13.1. The highest BCUT2D eigenvalue weighted by molar-refractivity contribution is 5.88. The van der Waals surface area contributed by atoms with E-state index in [2.05, 4.69) is 29.5 Å². The monoisotopic (exact) mass is 486 g/mol. The molecular weight excluding hydrogens is 452 g/mol. The Balaban J connectivity index is 1.30. The summed E-state index contributed by atoms with van der Waals surface area (Å²) in [4.78, 5) is 40.4. The van der Waals surface area contributed by atoms with Crippen LogP contribution in [-0.4, -0.2) is 70.3 Å². The molecule has 8 nitrogen and oxygen atoms in total. The summed E-state index contributed by atoms with van der Waals surface area (Å²) in [5.41, 5.74) is 12.7. The van der Waals surface area contributed by atoms with Crippen molar-refractivity contribution in [3.05, 3.63) is 41.9 Å². The molecule has 2 amide bonds. The van der Waals surface area contributed by atoms with Gasteiger partial charge in [0.05, 0.1) is 29.7 Å². The van der Waals surface area contributed by atoms with Crippen molar-refractivity contribution in [3.8, 4) is 11.1 Å². The number of piperazine rings is 1. The summed E-state index contributed by atoms with van der Waals surface area (Å²) in [5, 5.41) is 0. The minimum atomic E-state index is 0.0708. The van der Waals surface area contributed by atoms with Crippen LogP contribution in [0.2, 0.25) is 0 Å². The number of hydrogen-bond donors (Lipinski definition) is 1. The highest BCUT2D eigenvalue weighted by Crippen LogP contribution is 2.47. The van der Waals surface area contributed by atoms with Crippen molar-refractivity contribution in [2.45, 2.75) is 51.0 Å². The first-order chi connectivity index (χ1) is 17.4. The molecule has 1 atom stereocenters. The molecule has 36 heavy (non-hydrogen) atoms. The zero-order valence-corrected chi connectivity index (χ0v) is 20.9. The number of nitrogens with two attached hydrogens (primary N) is 1. The van der Waals surface area contributed by atoms with Crippen LogP contribution in [0, 0.1) is 12.8 Å². The van der Waals surface area contributed by atoms with E-state index >= 15 is 0 Å². The molecule has 0 spiro atoms. The molecule has 2 aliphatic carbocycles. The summed E-state index contributed by atoms with van der Waals surface area (Å²) in [6.45, 7) is 8.93. The van der Waals surface area contributed by atoms with Crippen LogP contribution < -0.4 is 10.6 Å². The van der Waals surface area contributed by atoms with Gasteiger partial charge in [-0.1, -0.05) is 6.58 Å². The lowest BCUT2D eigenvalue weighted by Crippen LogP contribution is -2.59. The average molecular weight is 487 g/mol. The Labute approximate surface area is 212 Å². The summed E-state index contributed by atoms with van der Waals surface area (Å²) in [6.07, 6.45) is 8.72. The van der Waals surface area contributed by atoms with Crippen LogP contribution >= 0.6 is 0 Å². The molecule has 2 aromatic heterocycles. The normalized spacial score (nSPS) is 22.0.